The molecule has 1 spiro atoms. The van der Waals surface area contributed by atoms with Crippen LogP contribution in [0.2, 0.25) is 0 Å². The van der Waals surface area contributed by atoms with Gasteiger partial charge in [0.1, 0.15) is 17.7 Å². The Morgan fingerprint density at radius 3 is 2.95 bits per heavy atom. The van der Waals surface area contributed by atoms with Gasteiger partial charge in [0.2, 0.25) is 0 Å². The summed E-state index contributed by atoms with van der Waals surface area (Å²) in [6.07, 6.45) is 2.97. The van der Waals surface area contributed by atoms with Gasteiger partial charge in [0.05, 0.1) is 6.54 Å². The lowest BCUT2D eigenvalue weighted by atomic mass is 9.90. The van der Waals surface area contributed by atoms with Crippen LogP contribution in [0, 0.1) is 0 Å². The van der Waals surface area contributed by atoms with Gasteiger partial charge in [-0.3, -0.25) is 14.4 Å². The Balaban J connectivity index is 1.81. The van der Waals surface area contributed by atoms with Gasteiger partial charge in [-0.1, -0.05) is 0 Å². The monoisotopic (exact) mass is 264 g/mol. The van der Waals surface area contributed by atoms with Gasteiger partial charge in [0, 0.05) is 13.6 Å². The Bertz CT molecular complexity index is 519. The Hall–Kier alpha value is -1.96. The molecule has 0 aromatic carbocycles. The van der Waals surface area contributed by atoms with Crippen molar-refractivity contribution < 1.29 is 9.59 Å². The molecule has 2 N–H and O–H groups in total. The first-order valence-corrected chi connectivity index (χ1v) is 6.30. The average molecular weight is 264 g/mol. The summed E-state index contributed by atoms with van der Waals surface area (Å²) in [5.41, 5.74) is -0.770. The number of urea groups is 1. The van der Waals surface area contributed by atoms with Crippen LogP contribution in [0.4, 0.5) is 4.79 Å². The van der Waals surface area contributed by atoms with Crippen LogP contribution in [0.5, 0.6) is 0 Å². The second-order valence-electron chi connectivity index (χ2n) is 4.98. The van der Waals surface area contributed by atoms with E-state index in [1.165, 1.54) is 11.2 Å². The SMILES string of the molecule is Cn1ncnc1CN1C(=O)NC2(CCCNC2)C1=O. The number of imide groups is 1. The Morgan fingerprint density at radius 2 is 2.32 bits per heavy atom. The minimum Gasteiger partial charge on any atom is -0.322 e. The van der Waals surface area contributed by atoms with E-state index < -0.39 is 5.54 Å². The summed E-state index contributed by atoms with van der Waals surface area (Å²) in [7, 11) is 1.73. The molecule has 19 heavy (non-hydrogen) atoms. The van der Waals surface area contributed by atoms with E-state index >= 15 is 0 Å². The molecule has 1 aromatic heterocycles. The van der Waals surface area contributed by atoms with Crippen molar-refractivity contribution in [3.63, 3.8) is 0 Å². The fourth-order valence-electron chi connectivity index (χ4n) is 2.62. The Kier molecular flexibility index (Phi) is 2.74. The van der Waals surface area contributed by atoms with Crippen LogP contribution in [0.1, 0.15) is 18.7 Å². The fourth-order valence-corrected chi connectivity index (χ4v) is 2.62. The lowest BCUT2D eigenvalue weighted by Crippen LogP contribution is -2.57. The summed E-state index contributed by atoms with van der Waals surface area (Å²) >= 11 is 0. The number of rotatable bonds is 2. The number of nitrogens with zero attached hydrogens (tertiary/aromatic N) is 4. The number of carbonyl (C=O) groups excluding carboxylic acids is 2. The molecule has 3 amide bonds. The Morgan fingerprint density at radius 1 is 1.47 bits per heavy atom. The van der Waals surface area contributed by atoms with Gasteiger partial charge in [-0.05, 0) is 19.4 Å². The normalized spacial score (nSPS) is 27.1. The molecular weight excluding hydrogens is 248 g/mol. The molecule has 1 atom stereocenters. The summed E-state index contributed by atoms with van der Waals surface area (Å²) in [6.45, 7) is 1.53. The molecule has 0 aliphatic carbocycles. The minimum atomic E-state index is -0.770. The van der Waals surface area contributed by atoms with Crippen molar-refractivity contribution in [2.24, 2.45) is 7.05 Å². The lowest BCUT2D eigenvalue weighted by molar-refractivity contribution is -0.132. The summed E-state index contributed by atoms with van der Waals surface area (Å²) < 4.78 is 1.56. The molecule has 0 bridgehead atoms. The molecule has 8 nitrogen and oxygen atoms in total. The third kappa shape index (κ3) is 1.88. The molecule has 102 valence electrons. The van der Waals surface area contributed by atoms with Crippen molar-refractivity contribution in [1.29, 1.82) is 0 Å². The minimum absolute atomic E-state index is 0.156. The maximum Gasteiger partial charge on any atom is 0.325 e. The quantitative estimate of drug-likeness (QED) is 0.668. The maximum absolute atomic E-state index is 12.5. The third-order valence-electron chi connectivity index (χ3n) is 3.73. The zero-order chi connectivity index (χ0) is 13.5. The second kappa shape index (κ2) is 4.30. The molecule has 3 heterocycles. The predicted octanol–water partition coefficient (Wildman–Crippen LogP) is -1.01. The number of hydrogen-bond acceptors (Lipinski definition) is 5. The van der Waals surface area contributed by atoms with Crippen molar-refractivity contribution in [2.75, 3.05) is 13.1 Å². The summed E-state index contributed by atoms with van der Waals surface area (Å²) in [5.74, 6) is 0.414. The smallest absolute Gasteiger partial charge is 0.322 e. The molecule has 1 aromatic rings. The molecule has 0 saturated carbocycles. The highest BCUT2D eigenvalue weighted by molar-refractivity contribution is 6.07. The number of hydrogen-bond donors (Lipinski definition) is 2. The topological polar surface area (TPSA) is 92.2 Å². The van der Waals surface area contributed by atoms with Gasteiger partial charge in [0.15, 0.2) is 0 Å². The first-order chi connectivity index (χ1) is 9.12. The Labute approximate surface area is 110 Å². The molecule has 8 heteroatoms. The van der Waals surface area contributed by atoms with E-state index in [9.17, 15) is 9.59 Å². The van der Waals surface area contributed by atoms with Crippen LogP contribution in [0.3, 0.4) is 0 Å². The van der Waals surface area contributed by atoms with E-state index in [2.05, 4.69) is 20.7 Å². The van der Waals surface area contributed by atoms with Gasteiger partial charge in [0.25, 0.3) is 5.91 Å². The molecule has 2 saturated heterocycles. The molecule has 0 radical (unpaired) electrons. The zero-order valence-electron chi connectivity index (χ0n) is 10.7. The number of nitrogens with one attached hydrogen (secondary N) is 2. The highest BCUT2D eigenvalue weighted by Crippen LogP contribution is 2.25. The number of aryl methyl sites for hydroxylation is 1. The van der Waals surface area contributed by atoms with Crippen molar-refractivity contribution in [2.45, 2.75) is 24.9 Å². The summed E-state index contributed by atoms with van der Waals surface area (Å²) in [4.78, 5) is 29.7. The van der Waals surface area contributed by atoms with Crippen LogP contribution in [0.25, 0.3) is 0 Å². The highest BCUT2D eigenvalue weighted by Gasteiger charge is 2.51. The lowest BCUT2D eigenvalue weighted by Gasteiger charge is -2.31. The first kappa shape index (κ1) is 12.1. The molecule has 2 aliphatic heterocycles. The molecule has 3 rings (SSSR count). The van der Waals surface area contributed by atoms with Crippen molar-refractivity contribution in [3.8, 4) is 0 Å². The van der Waals surface area contributed by atoms with E-state index in [0.29, 0.717) is 18.8 Å². The molecule has 2 aliphatic rings. The van der Waals surface area contributed by atoms with Crippen LogP contribution in [-0.2, 0) is 18.4 Å². The van der Waals surface area contributed by atoms with Crippen LogP contribution in [0.15, 0.2) is 6.33 Å². The fraction of sp³-hybridized carbons (Fsp3) is 0.636. The van der Waals surface area contributed by atoms with Crippen molar-refractivity contribution >= 4 is 11.9 Å². The summed E-state index contributed by atoms with van der Waals surface area (Å²) in [5, 5.41) is 9.92. The second-order valence-corrected chi connectivity index (χ2v) is 4.98. The molecular formula is C11H16N6O2. The van der Waals surface area contributed by atoms with Gasteiger partial charge in [-0.2, -0.15) is 5.10 Å². The number of aromatic nitrogens is 3. The third-order valence-corrected chi connectivity index (χ3v) is 3.73. The largest absolute Gasteiger partial charge is 0.325 e. The van der Waals surface area contributed by atoms with Gasteiger partial charge in [-0.15, -0.1) is 0 Å². The van der Waals surface area contributed by atoms with Crippen LogP contribution < -0.4 is 10.6 Å². The van der Waals surface area contributed by atoms with E-state index in [1.807, 2.05) is 0 Å². The van der Waals surface area contributed by atoms with E-state index in [1.54, 1.807) is 11.7 Å². The average Bonchev–Trinajstić information content (AvgIpc) is 2.89. The first-order valence-electron chi connectivity index (χ1n) is 6.30. The molecule has 2 fully saturated rings. The highest BCUT2D eigenvalue weighted by atomic mass is 16.2. The predicted molar refractivity (Wildman–Crippen MR) is 64.9 cm³/mol. The van der Waals surface area contributed by atoms with Gasteiger partial charge >= 0.3 is 6.03 Å². The van der Waals surface area contributed by atoms with Crippen molar-refractivity contribution in [1.82, 2.24) is 30.3 Å². The maximum atomic E-state index is 12.5. The van der Waals surface area contributed by atoms with E-state index in [4.69, 9.17) is 0 Å². The number of carbonyl (C=O) groups is 2. The van der Waals surface area contributed by atoms with E-state index in [0.717, 1.165) is 13.0 Å². The number of amides is 3. The van der Waals surface area contributed by atoms with Gasteiger partial charge in [-0.25, -0.2) is 9.78 Å². The summed E-state index contributed by atoms with van der Waals surface area (Å²) in [6, 6.07) is -0.350. The zero-order valence-corrected chi connectivity index (χ0v) is 10.7. The molecule has 1 unspecified atom stereocenters. The van der Waals surface area contributed by atoms with Gasteiger partial charge < -0.3 is 10.6 Å². The van der Waals surface area contributed by atoms with E-state index in [-0.39, 0.29) is 18.5 Å². The standard InChI is InChI=1S/C11H16N6O2/c1-16-8(13-7-14-16)5-17-9(18)11(15-10(17)19)3-2-4-12-6-11/h7,12H,2-6H2,1H3,(H,15,19). The van der Waals surface area contributed by atoms with Crippen LogP contribution in [-0.4, -0.2) is 50.2 Å². The van der Waals surface area contributed by atoms with Crippen LogP contribution >= 0.6 is 0 Å². The van der Waals surface area contributed by atoms with Crippen molar-refractivity contribution in [3.05, 3.63) is 12.2 Å². The number of piperidine rings is 1.